The highest BCUT2D eigenvalue weighted by atomic mass is 19.1. The van der Waals surface area contributed by atoms with Crippen molar-refractivity contribution in [2.45, 2.75) is 12.8 Å². The van der Waals surface area contributed by atoms with E-state index in [1.807, 2.05) is 0 Å². The van der Waals surface area contributed by atoms with E-state index in [4.69, 9.17) is 15.0 Å². The Balaban J connectivity index is 2.20. The molecule has 0 bridgehead atoms. The molecule has 0 amide bonds. The maximum absolute atomic E-state index is 13.6. The van der Waals surface area contributed by atoms with Crippen molar-refractivity contribution in [3.8, 4) is 11.5 Å². The monoisotopic (exact) mass is 269 g/mol. The van der Waals surface area contributed by atoms with Gasteiger partial charge in [0.2, 0.25) is 0 Å². The van der Waals surface area contributed by atoms with Crippen LogP contribution in [0, 0.1) is 11.6 Å². The number of halogens is 2. The van der Waals surface area contributed by atoms with Gasteiger partial charge in [0.15, 0.2) is 5.82 Å². The zero-order chi connectivity index (χ0) is 13.8. The van der Waals surface area contributed by atoms with E-state index in [1.165, 1.54) is 0 Å². The fraction of sp³-hybridized carbons (Fsp3) is 0.333. The fourth-order valence-electron chi connectivity index (χ4n) is 1.57. The molecule has 7 heteroatoms. The number of nitrogen functional groups attached to an aromatic ring is 1. The number of aryl methyl sites for hydroxylation is 1. The molecule has 5 nitrogen and oxygen atoms in total. The van der Waals surface area contributed by atoms with E-state index < -0.39 is 11.6 Å². The minimum atomic E-state index is -0.818. The molecule has 19 heavy (non-hydrogen) atoms. The van der Waals surface area contributed by atoms with Gasteiger partial charge in [-0.1, -0.05) is 5.16 Å². The molecule has 102 valence electrons. The predicted molar refractivity (Wildman–Crippen MR) is 64.3 cm³/mol. The van der Waals surface area contributed by atoms with Crippen molar-refractivity contribution in [2.24, 2.45) is 0 Å². The van der Waals surface area contributed by atoms with E-state index in [-0.39, 0.29) is 17.1 Å². The van der Waals surface area contributed by atoms with Gasteiger partial charge < -0.3 is 15.0 Å². The number of aromatic nitrogens is 2. The second kappa shape index (κ2) is 5.75. The lowest BCUT2D eigenvalue weighted by molar-refractivity contribution is 0.194. The Kier molecular flexibility index (Phi) is 4.06. The van der Waals surface area contributed by atoms with Crippen LogP contribution in [-0.4, -0.2) is 23.9 Å². The molecule has 0 aliphatic carbocycles. The SMILES string of the molecule is COCCCc1noc(-c2cc(N)c(F)cc2F)n1. The maximum Gasteiger partial charge on any atom is 0.260 e. The molecule has 1 aromatic heterocycles. The largest absolute Gasteiger partial charge is 0.396 e. The van der Waals surface area contributed by atoms with Gasteiger partial charge in [0, 0.05) is 26.2 Å². The number of nitrogens with two attached hydrogens (primary N) is 1. The van der Waals surface area contributed by atoms with Gasteiger partial charge in [-0.05, 0) is 12.5 Å². The summed E-state index contributed by atoms with van der Waals surface area (Å²) < 4.78 is 36.5. The first-order chi connectivity index (χ1) is 9.11. The predicted octanol–water partition coefficient (Wildman–Crippen LogP) is 2.18. The van der Waals surface area contributed by atoms with Crippen LogP contribution in [0.4, 0.5) is 14.5 Å². The Morgan fingerprint density at radius 2 is 2.11 bits per heavy atom. The third-order valence-electron chi connectivity index (χ3n) is 2.53. The zero-order valence-corrected chi connectivity index (χ0v) is 10.3. The van der Waals surface area contributed by atoms with Crippen molar-refractivity contribution >= 4 is 5.69 Å². The highest BCUT2D eigenvalue weighted by Gasteiger charge is 2.15. The molecular formula is C12H13F2N3O2. The standard InChI is InChI=1S/C12H13F2N3O2/c1-18-4-2-3-11-16-12(19-17-11)7-5-10(15)9(14)6-8(7)13/h5-6H,2-4,15H2,1H3. The number of rotatable bonds is 5. The van der Waals surface area contributed by atoms with Crippen LogP contribution in [-0.2, 0) is 11.2 Å². The molecule has 0 fully saturated rings. The van der Waals surface area contributed by atoms with Gasteiger partial charge >= 0.3 is 0 Å². The lowest BCUT2D eigenvalue weighted by Crippen LogP contribution is -1.96. The molecule has 2 N–H and O–H groups in total. The van der Waals surface area contributed by atoms with E-state index in [0.717, 1.165) is 12.5 Å². The van der Waals surface area contributed by atoms with Crippen LogP contribution in [0.3, 0.4) is 0 Å². The molecule has 0 atom stereocenters. The summed E-state index contributed by atoms with van der Waals surface area (Å²) in [6, 6.07) is 1.83. The molecule has 0 spiro atoms. The molecule has 0 unspecified atom stereocenters. The van der Waals surface area contributed by atoms with Crippen LogP contribution in [0.15, 0.2) is 16.7 Å². The highest BCUT2D eigenvalue weighted by Crippen LogP contribution is 2.25. The summed E-state index contributed by atoms with van der Waals surface area (Å²) in [5, 5.41) is 3.71. The number of anilines is 1. The fourth-order valence-corrected chi connectivity index (χ4v) is 1.57. The Morgan fingerprint density at radius 1 is 1.32 bits per heavy atom. The van der Waals surface area contributed by atoms with Crippen molar-refractivity contribution in [1.29, 1.82) is 0 Å². The summed E-state index contributed by atoms with van der Waals surface area (Å²) in [4.78, 5) is 4.03. The Morgan fingerprint density at radius 3 is 2.84 bits per heavy atom. The molecule has 0 aliphatic rings. The van der Waals surface area contributed by atoms with Gasteiger partial charge in [0.25, 0.3) is 5.89 Å². The van der Waals surface area contributed by atoms with Gasteiger partial charge in [0.05, 0.1) is 11.3 Å². The molecule has 0 saturated carbocycles. The molecule has 2 rings (SSSR count). The summed E-state index contributed by atoms with van der Waals surface area (Å²) in [6.45, 7) is 0.571. The Labute approximate surface area is 108 Å². The van der Waals surface area contributed by atoms with Gasteiger partial charge in [-0.2, -0.15) is 4.98 Å². The lowest BCUT2D eigenvalue weighted by Gasteiger charge is -2.00. The van der Waals surface area contributed by atoms with Gasteiger partial charge in [-0.25, -0.2) is 8.78 Å². The van der Waals surface area contributed by atoms with E-state index in [2.05, 4.69) is 10.1 Å². The van der Waals surface area contributed by atoms with Crippen LogP contribution >= 0.6 is 0 Å². The van der Waals surface area contributed by atoms with Gasteiger partial charge in [-0.3, -0.25) is 0 Å². The molecule has 0 saturated heterocycles. The second-order valence-electron chi connectivity index (χ2n) is 3.97. The van der Waals surface area contributed by atoms with Gasteiger partial charge in [0.1, 0.15) is 11.6 Å². The minimum Gasteiger partial charge on any atom is -0.396 e. The van der Waals surface area contributed by atoms with Crippen LogP contribution in [0.25, 0.3) is 11.5 Å². The first-order valence-corrected chi connectivity index (χ1v) is 5.68. The van der Waals surface area contributed by atoms with Crippen LogP contribution < -0.4 is 5.73 Å². The molecule has 0 radical (unpaired) electrons. The number of methoxy groups -OCH3 is 1. The Bertz CT molecular complexity index is 572. The van der Waals surface area contributed by atoms with Crippen LogP contribution in [0.2, 0.25) is 0 Å². The van der Waals surface area contributed by atoms with E-state index in [0.29, 0.717) is 24.9 Å². The highest BCUT2D eigenvalue weighted by molar-refractivity contribution is 5.61. The normalized spacial score (nSPS) is 10.9. The Hall–Kier alpha value is -2.02. The van der Waals surface area contributed by atoms with Crippen molar-refractivity contribution in [1.82, 2.24) is 10.1 Å². The van der Waals surface area contributed by atoms with Crippen LogP contribution in [0.5, 0.6) is 0 Å². The molecule has 1 aromatic carbocycles. The maximum atomic E-state index is 13.6. The van der Waals surface area contributed by atoms with Crippen LogP contribution in [0.1, 0.15) is 12.2 Å². The summed E-state index contributed by atoms with van der Waals surface area (Å²) in [5.41, 5.74) is 5.20. The van der Waals surface area contributed by atoms with Crippen molar-refractivity contribution in [3.05, 3.63) is 29.6 Å². The average Bonchev–Trinajstić information content (AvgIpc) is 2.83. The van der Waals surface area contributed by atoms with E-state index in [9.17, 15) is 8.78 Å². The second-order valence-corrected chi connectivity index (χ2v) is 3.97. The first-order valence-electron chi connectivity index (χ1n) is 5.68. The smallest absolute Gasteiger partial charge is 0.260 e. The average molecular weight is 269 g/mol. The van der Waals surface area contributed by atoms with Gasteiger partial charge in [-0.15, -0.1) is 0 Å². The number of hydrogen-bond acceptors (Lipinski definition) is 5. The molecule has 0 aliphatic heterocycles. The van der Waals surface area contributed by atoms with E-state index >= 15 is 0 Å². The summed E-state index contributed by atoms with van der Waals surface area (Å²) in [6.07, 6.45) is 1.28. The summed E-state index contributed by atoms with van der Waals surface area (Å²) >= 11 is 0. The quantitative estimate of drug-likeness (QED) is 0.665. The molecule has 2 aromatic rings. The lowest BCUT2D eigenvalue weighted by atomic mass is 10.2. The third-order valence-corrected chi connectivity index (χ3v) is 2.53. The number of ether oxygens (including phenoxy) is 1. The molecule has 1 heterocycles. The molecular weight excluding hydrogens is 256 g/mol. The minimum absolute atomic E-state index is 0.00982. The summed E-state index contributed by atoms with van der Waals surface area (Å²) in [7, 11) is 1.60. The third kappa shape index (κ3) is 3.05. The number of nitrogens with zero attached hydrogens (tertiary/aromatic N) is 2. The number of hydrogen-bond donors (Lipinski definition) is 1. The zero-order valence-electron chi connectivity index (χ0n) is 10.3. The topological polar surface area (TPSA) is 74.2 Å². The van der Waals surface area contributed by atoms with Crippen molar-refractivity contribution < 1.29 is 18.0 Å². The summed E-state index contributed by atoms with van der Waals surface area (Å²) in [5.74, 6) is -1.19. The van der Waals surface area contributed by atoms with Crippen molar-refractivity contribution in [2.75, 3.05) is 19.5 Å². The first kappa shape index (κ1) is 13.4. The van der Waals surface area contributed by atoms with E-state index in [1.54, 1.807) is 7.11 Å². The van der Waals surface area contributed by atoms with Crippen molar-refractivity contribution in [3.63, 3.8) is 0 Å². The number of benzene rings is 1.